The van der Waals surface area contributed by atoms with Gasteiger partial charge in [-0.05, 0) is 73.9 Å². The van der Waals surface area contributed by atoms with Crippen LogP contribution in [0.3, 0.4) is 0 Å². The zero-order chi connectivity index (χ0) is 31.9. The van der Waals surface area contributed by atoms with Crippen molar-refractivity contribution in [3.05, 3.63) is 129 Å². The van der Waals surface area contributed by atoms with E-state index in [2.05, 4.69) is 5.32 Å². The highest BCUT2D eigenvalue weighted by Gasteiger charge is 2.35. The molecule has 0 saturated heterocycles. The molecule has 0 aliphatic rings. The smallest absolute Gasteiger partial charge is 0.264 e. The number of nitrogens with zero attached hydrogens (tertiary/aromatic N) is 2. The first-order valence-electron chi connectivity index (χ1n) is 14.2. The van der Waals surface area contributed by atoms with E-state index < -0.39 is 28.5 Å². The Hall–Kier alpha value is -3.85. The van der Waals surface area contributed by atoms with Crippen molar-refractivity contribution in [2.24, 2.45) is 0 Å². The molecule has 44 heavy (non-hydrogen) atoms. The van der Waals surface area contributed by atoms with Crippen LogP contribution >= 0.6 is 23.2 Å². The van der Waals surface area contributed by atoms with Crippen molar-refractivity contribution in [2.45, 2.75) is 44.7 Å². The molecule has 0 bridgehead atoms. The molecule has 0 heterocycles. The van der Waals surface area contributed by atoms with Crippen LogP contribution in [0.2, 0.25) is 10.0 Å². The van der Waals surface area contributed by atoms with E-state index in [4.69, 9.17) is 23.2 Å². The predicted octanol–water partition coefficient (Wildman–Crippen LogP) is 6.58. The average molecular weight is 653 g/mol. The van der Waals surface area contributed by atoms with E-state index in [0.29, 0.717) is 27.7 Å². The monoisotopic (exact) mass is 651 g/mol. The van der Waals surface area contributed by atoms with Gasteiger partial charge >= 0.3 is 0 Å². The molecule has 4 rings (SSSR count). The van der Waals surface area contributed by atoms with E-state index in [1.54, 1.807) is 56.3 Å². The molecule has 0 aliphatic heterocycles. The molecule has 4 aromatic carbocycles. The van der Waals surface area contributed by atoms with Crippen LogP contribution in [0.15, 0.2) is 102 Å². The zero-order valence-electron chi connectivity index (χ0n) is 24.8. The molecule has 10 heteroatoms. The maximum atomic E-state index is 14.5. The Morgan fingerprint density at radius 1 is 0.818 bits per heavy atom. The van der Waals surface area contributed by atoms with Crippen LogP contribution in [0, 0.1) is 13.8 Å². The van der Waals surface area contributed by atoms with Crippen molar-refractivity contribution in [1.82, 2.24) is 10.2 Å². The number of halogens is 2. The highest BCUT2D eigenvalue weighted by atomic mass is 35.5. The number of hydrogen-bond acceptors (Lipinski definition) is 4. The molecule has 0 aliphatic carbocycles. The summed E-state index contributed by atoms with van der Waals surface area (Å²) >= 11 is 12.6. The number of carbonyl (C=O) groups excluding carboxylic acids is 2. The second-order valence-electron chi connectivity index (χ2n) is 10.5. The topological polar surface area (TPSA) is 86.8 Å². The molecule has 0 saturated carbocycles. The van der Waals surface area contributed by atoms with Crippen molar-refractivity contribution in [1.29, 1.82) is 0 Å². The fourth-order valence-electron chi connectivity index (χ4n) is 4.88. The van der Waals surface area contributed by atoms with Gasteiger partial charge in [-0.15, -0.1) is 0 Å². The molecule has 2 amide bonds. The summed E-state index contributed by atoms with van der Waals surface area (Å²) < 4.78 is 29.4. The van der Waals surface area contributed by atoms with Crippen molar-refractivity contribution < 1.29 is 18.0 Å². The van der Waals surface area contributed by atoms with E-state index in [9.17, 15) is 18.0 Å². The van der Waals surface area contributed by atoms with Crippen molar-refractivity contribution >= 4 is 50.7 Å². The lowest BCUT2D eigenvalue weighted by Gasteiger charge is -2.34. The predicted molar refractivity (Wildman–Crippen MR) is 177 cm³/mol. The van der Waals surface area contributed by atoms with Crippen LogP contribution in [0.1, 0.15) is 29.2 Å². The molecule has 4 aromatic rings. The molecule has 230 valence electrons. The Morgan fingerprint density at radius 2 is 1.48 bits per heavy atom. The lowest BCUT2D eigenvalue weighted by atomic mass is 10.0. The molecular formula is C34H35Cl2N3O4S. The van der Waals surface area contributed by atoms with Gasteiger partial charge in [-0.2, -0.15) is 0 Å². The normalized spacial score (nSPS) is 11.9. The molecule has 7 nitrogen and oxygen atoms in total. The summed E-state index contributed by atoms with van der Waals surface area (Å²) in [7, 11) is -4.23. The van der Waals surface area contributed by atoms with Gasteiger partial charge in [0.2, 0.25) is 11.8 Å². The number of carbonyl (C=O) groups is 2. The largest absolute Gasteiger partial charge is 0.355 e. The number of hydrogen-bond donors (Lipinski definition) is 1. The van der Waals surface area contributed by atoms with E-state index in [1.165, 1.54) is 23.1 Å². The van der Waals surface area contributed by atoms with Crippen molar-refractivity contribution in [3.8, 4) is 0 Å². The maximum absolute atomic E-state index is 14.5. The van der Waals surface area contributed by atoms with Crippen LogP contribution in [-0.2, 0) is 32.6 Å². The lowest BCUT2D eigenvalue weighted by molar-refractivity contribution is -0.140. The lowest BCUT2D eigenvalue weighted by Crippen LogP contribution is -2.53. The second-order valence-corrected chi connectivity index (χ2v) is 13.2. The number of likely N-dealkylation sites (N-methyl/N-ethyl adjacent to an activating group) is 1. The van der Waals surface area contributed by atoms with Crippen LogP contribution < -0.4 is 9.62 Å². The summed E-state index contributed by atoms with van der Waals surface area (Å²) in [5.74, 6) is -0.911. The quantitative estimate of drug-likeness (QED) is 0.187. The van der Waals surface area contributed by atoms with Crippen LogP contribution in [0.5, 0.6) is 0 Å². The van der Waals surface area contributed by atoms with Gasteiger partial charge in [0.15, 0.2) is 0 Å². The molecule has 0 unspecified atom stereocenters. The third-order valence-electron chi connectivity index (χ3n) is 7.19. The van der Waals surface area contributed by atoms with Crippen LogP contribution in [-0.4, -0.2) is 44.3 Å². The highest BCUT2D eigenvalue weighted by Crippen LogP contribution is 2.30. The molecule has 1 N–H and O–H groups in total. The number of anilines is 1. The van der Waals surface area contributed by atoms with Crippen LogP contribution in [0.25, 0.3) is 0 Å². The molecule has 1 atom stereocenters. The first-order valence-corrected chi connectivity index (χ1v) is 16.4. The number of benzene rings is 4. The minimum atomic E-state index is -4.23. The Kier molecular flexibility index (Phi) is 11.1. The summed E-state index contributed by atoms with van der Waals surface area (Å²) in [6.45, 7) is 5.24. The Balaban J connectivity index is 1.83. The van der Waals surface area contributed by atoms with E-state index in [-0.39, 0.29) is 29.5 Å². The standard InChI is InChI=1S/C34H35Cl2N3O4S/c1-4-37-34(41)32(20-26-9-6-5-7-10-26)38(22-27-11-8-12-28(35)19-27)33(40)23-39(31-21-29(36)16-15-25(31)3)44(42,43)30-17-13-24(2)14-18-30/h5-19,21,32H,4,20,22-23H2,1-3H3,(H,37,41)/t32-/m0/s1. The molecule has 0 radical (unpaired) electrons. The third-order valence-corrected chi connectivity index (χ3v) is 9.44. The fraction of sp³-hybridized carbons (Fsp3) is 0.235. The van der Waals surface area contributed by atoms with E-state index in [1.807, 2.05) is 43.3 Å². The SMILES string of the molecule is CCNC(=O)[C@H](Cc1ccccc1)N(Cc1cccc(Cl)c1)C(=O)CN(c1cc(Cl)ccc1C)S(=O)(=O)c1ccc(C)cc1. The number of aryl methyl sites for hydroxylation is 2. The van der Waals surface area contributed by atoms with Crippen LogP contribution in [0.4, 0.5) is 5.69 Å². The Morgan fingerprint density at radius 3 is 2.14 bits per heavy atom. The van der Waals surface area contributed by atoms with Gasteiger partial charge in [-0.1, -0.05) is 89.4 Å². The fourth-order valence-corrected chi connectivity index (χ4v) is 6.73. The summed E-state index contributed by atoms with van der Waals surface area (Å²) in [6, 6.07) is 26.8. The summed E-state index contributed by atoms with van der Waals surface area (Å²) in [4.78, 5) is 29.5. The highest BCUT2D eigenvalue weighted by molar-refractivity contribution is 7.92. The summed E-state index contributed by atoms with van der Waals surface area (Å²) in [5.41, 5.74) is 3.32. The van der Waals surface area contributed by atoms with Gasteiger partial charge in [-0.3, -0.25) is 13.9 Å². The molecule has 0 spiro atoms. The van der Waals surface area contributed by atoms with Gasteiger partial charge in [-0.25, -0.2) is 8.42 Å². The first kappa shape index (κ1) is 33.1. The van der Waals surface area contributed by atoms with E-state index >= 15 is 0 Å². The van der Waals surface area contributed by atoms with Gasteiger partial charge < -0.3 is 10.2 Å². The average Bonchev–Trinajstić information content (AvgIpc) is 2.99. The van der Waals surface area contributed by atoms with Gasteiger partial charge in [0.25, 0.3) is 10.0 Å². The first-order chi connectivity index (χ1) is 21.0. The Labute approximate surface area is 269 Å². The number of nitrogens with one attached hydrogen (secondary N) is 1. The molecule has 0 aromatic heterocycles. The Bertz CT molecular complexity index is 1710. The summed E-state index contributed by atoms with van der Waals surface area (Å²) in [6.07, 6.45) is 0.222. The van der Waals surface area contributed by atoms with Gasteiger partial charge in [0.1, 0.15) is 12.6 Å². The third kappa shape index (κ3) is 8.20. The number of rotatable bonds is 12. The van der Waals surface area contributed by atoms with Crippen molar-refractivity contribution in [2.75, 3.05) is 17.4 Å². The summed E-state index contributed by atoms with van der Waals surface area (Å²) in [5, 5.41) is 3.65. The number of sulfonamides is 1. The number of amides is 2. The second kappa shape index (κ2) is 14.8. The maximum Gasteiger partial charge on any atom is 0.264 e. The molecular weight excluding hydrogens is 617 g/mol. The molecule has 0 fully saturated rings. The zero-order valence-corrected chi connectivity index (χ0v) is 27.2. The van der Waals surface area contributed by atoms with E-state index in [0.717, 1.165) is 15.4 Å². The van der Waals surface area contributed by atoms with Gasteiger partial charge in [0, 0.05) is 29.6 Å². The minimum Gasteiger partial charge on any atom is -0.355 e. The van der Waals surface area contributed by atoms with Crippen molar-refractivity contribution in [3.63, 3.8) is 0 Å². The minimum absolute atomic E-state index is 0.0287. The van der Waals surface area contributed by atoms with Gasteiger partial charge in [0.05, 0.1) is 10.6 Å².